The van der Waals surface area contributed by atoms with Gasteiger partial charge in [0.25, 0.3) is 13.4 Å². The van der Waals surface area contributed by atoms with Gasteiger partial charge in [-0.1, -0.05) is 84.0 Å². The third-order valence-corrected chi connectivity index (χ3v) is 9.46. The van der Waals surface area contributed by atoms with Crippen LogP contribution in [0, 0.1) is 0 Å². The number of ether oxygens (including phenoxy) is 4. The molecule has 0 bridgehead atoms. The molecule has 5 nitrogen and oxygen atoms in total. The number of pyridine rings is 1. The highest BCUT2D eigenvalue weighted by molar-refractivity contribution is 7.00. The maximum absolute atomic E-state index is 6.69. The standard InChI is InChI=1S/C37H31B2NO4/c1-36(2,3)20-15-28-32-30(17-20)43-34-24(38(32)22-11-7-9-13-26(22)41-28)19-25-35(40-34)44-31-18-21(37(4,5)6)16-29-33(31)39(25)23-12-8-10-14-27(23)42-29/h7-19H,1-6H3. The largest absolute Gasteiger partial charge is 0.458 e. The van der Waals surface area contributed by atoms with Crippen LogP contribution in [0.25, 0.3) is 0 Å². The Morgan fingerprint density at radius 3 is 1.25 bits per heavy atom. The second-order valence-corrected chi connectivity index (χ2v) is 14.4. The van der Waals surface area contributed by atoms with E-state index >= 15 is 0 Å². The quantitative estimate of drug-likeness (QED) is 0.235. The van der Waals surface area contributed by atoms with Crippen LogP contribution in [0.1, 0.15) is 52.7 Å². The van der Waals surface area contributed by atoms with E-state index in [4.69, 9.17) is 23.9 Å². The molecular formula is C37H31B2NO4. The lowest BCUT2D eigenvalue weighted by molar-refractivity contribution is 0.421. The fourth-order valence-corrected chi connectivity index (χ4v) is 7.09. The summed E-state index contributed by atoms with van der Waals surface area (Å²) >= 11 is 0. The number of fused-ring (bicyclic) bond motifs is 8. The summed E-state index contributed by atoms with van der Waals surface area (Å²) in [7, 11) is 0. The van der Waals surface area contributed by atoms with Crippen LogP contribution < -0.4 is 51.7 Å². The molecule has 0 atom stereocenters. The molecular weight excluding hydrogens is 544 g/mol. The molecule has 0 aliphatic carbocycles. The average Bonchev–Trinajstić information content (AvgIpc) is 2.98. The minimum Gasteiger partial charge on any atom is -0.458 e. The molecule has 0 saturated heterocycles. The molecule has 0 spiro atoms. The van der Waals surface area contributed by atoms with E-state index in [0.717, 1.165) is 78.4 Å². The summed E-state index contributed by atoms with van der Waals surface area (Å²) in [4.78, 5) is 5.16. The van der Waals surface area contributed by atoms with E-state index < -0.39 is 0 Å². The SMILES string of the molecule is CC(C)(C)c1cc2c3c(c1)Oc1nc4c(cc1B3c1ccccc1O2)B1c2ccccc2Oc2cc(C(C)(C)C)cc(c21)O4. The number of nitrogens with zero attached hydrogens (tertiary/aromatic N) is 1. The number of benzene rings is 4. The monoisotopic (exact) mass is 575 g/mol. The Balaban J connectivity index is 1.30. The van der Waals surface area contributed by atoms with Gasteiger partial charge in [-0.05, 0) is 80.2 Å². The van der Waals surface area contributed by atoms with Gasteiger partial charge in [-0.2, -0.15) is 4.98 Å². The molecule has 0 saturated carbocycles. The van der Waals surface area contributed by atoms with Crippen LogP contribution in [0.15, 0.2) is 78.9 Å². The van der Waals surface area contributed by atoms with Gasteiger partial charge >= 0.3 is 0 Å². The van der Waals surface area contributed by atoms with Crippen molar-refractivity contribution in [3.8, 4) is 46.3 Å². The third kappa shape index (κ3) is 3.59. The molecule has 4 aromatic carbocycles. The zero-order chi connectivity index (χ0) is 30.1. The highest BCUT2D eigenvalue weighted by Gasteiger charge is 2.46. The summed E-state index contributed by atoms with van der Waals surface area (Å²) in [6.45, 7) is 13.1. The van der Waals surface area contributed by atoms with E-state index in [1.165, 1.54) is 0 Å². The Labute approximate surface area is 258 Å². The molecule has 0 radical (unpaired) electrons. The molecule has 9 rings (SSSR count). The summed E-state index contributed by atoms with van der Waals surface area (Å²) in [5.41, 5.74) is 8.47. The van der Waals surface area contributed by atoms with Gasteiger partial charge in [-0.25, -0.2) is 0 Å². The highest BCUT2D eigenvalue weighted by Crippen LogP contribution is 2.41. The van der Waals surface area contributed by atoms with Crippen LogP contribution >= 0.6 is 0 Å². The summed E-state index contributed by atoms with van der Waals surface area (Å²) in [5.74, 6) is 6.14. The molecule has 0 unspecified atom stereocenters. The smallest absolute Gasteiger partial charge is 0.262 e. The molecule has 4 aliphatic rings. The lowest BCUT2D eigenvalue weighted by Crippen LogP contribution is -2.62. The Morgan fingerprint density at radius 2 is 0.841 bits per heavy atom. The maximum atomic E-state index is 6.69. The Bertz CT molecular complexity index is 1930. The van der Waals surface area contributed by atoms with Crippen LogP contribution in [-0.2, 0) is 10.8 Å². The Morgan fingerprint density at radius 1 is 0.455 bits per heavy atom. The van der Waals surface area contributed by atoms with Gasteiger partial charge in [-0.3, -0.25) is 0 Å². The first-order valence-electron chi connectivity index (χ1n) is 15.4. The summed E-state index contributed by atoms with van der Waals surface area (Å²) in [6.07, 6.45) is 0. The lowest BCUT2D eigenvalue weighted by atomic mass is 9.32. The van der Waals surface area contributed by atoms with Crippen LogP contribution in [-0.4, -0.2) is 18.4 Å². The normalized spacial score (nSPS) is 14.8. The lowest BCUT2D eigenvalue weighted by Gasteiger charge is -2.37. The van der Waals surface area contributed by atoms with E-state index in [-0.39, 0.29) is 24.3 Å². The average molecular weight is 575 g/mol. The number of para-hydroxylation sites is 2. The molecule has 0 fully saturated rings. The maximum Gasteiger partial charge on any atom is 0.262 e. The molecule has 44 heavy (non-hydrogen) atoms. The van der Waals surface area contributed by atoms with Gasteiger partial charge < -0.3 is 18.9 Å². The van der Waals surface area contributed by atoms with Crippen molar-refractivity contribution in [1.29, 1.82) is 0 Å². The van der Waals surface area contributed by atoms with Crippen molar-refractivity contribution >= 4 is 46.2 Å². The molecule has 7 heteroatoms. The number of aromatic nitrogens is 1. The van der Waals surface area contributed by atoms with E-state index in [1.807, 2.05) is 12.1 Å². The highest BCUT2D eigenvalue weighted by atomic mass is 16.5. The fraction of sp³-hybridized carbons (Fsp3) is 0.216. The Hall–Kier alpha value is -4.64. The van der Waals surface area contributed by atoms with E-state index in [0.29, 0.717) is 11.8 Å². The van der Waals surface area contributed by atoms with Crippen LogP contribution in [0.3, 0.4) is 0 Å². The van der Waals surface area contributed by atoms with Crippen molar-refractivity contribution in [1.82, 2.24) is 4.98 Å². The zero-order valence-electron chi connectivity index (χ0n) is 25.7. The molecule has 214 valence electrons. The van der Waals surface area contributed by atoms with Gasteiger partial charge in [-0.15, -0.1) is 0 Å². The van der Waals surface area contributed by atoms with Crippen molar-refractivity contribution in [3.05, 3.63) is 90.0 Å². The fourth-order valence-electron chi connectivity index (χ4n) is 7.09. The first-order valence-corrected chi connectivity index (χ1v) is 15.4. The first-order chi connectivity index (χ1) is 21.0. The van der Waals surface area contributed by atoms with E-state index in [1.54, 1.807) is 0 Å². The van der Waals surface area contributed by atoms with Crippen molar-refractivity contribution < 1.29 is 18.9 Å². The predicted octanol–water partition coefficient (Wildman–Crippen LogP) is 5.13. The van der Waals surface area contributed by atoms with Gasteiger partial charge in [0.15, 0.2) is 0 Å². The third-order valence-electron chi connectivity index (χ3n) is 9.46. The molecule has 5 heterocycles. The first kappa shape index (κ1) is 25.8. The minimum absolute atomic E-state index is 0.0833. The van der Waals surface area contributed by atoms with Gasteiger partial charge in [0.2, 0.25) is 11.8 Å². The molecule has 0 amide bonds. The molecule has 4 aliphatic heterocycles. The zero-order valence-corrected chi connectivity index (χ0v) is 25.7. The van der Waals surface area contributed by atoms with Gasteiger partial charge in [0.1, 0.15) is 34.5 Å². The van der Waals surface area contributed by atoms with Gasteiger partial charge in [0, 0.05) is 10.9 Å². The van der Waals surface area contributed by atoms with Gasteiger partial charge in [0.05, 0.1) is 0 Å². The molecule has 1 aromatic heterocycles. The minimum atomic E-state index is -0.0836. The second-order valence-electron chi connectivity index (χ2n) is 14.4. The van der Waals surface area contributed by atoms with E-state index in [9.17, 15) is 0 Å². The molecule has 5 aromatic rings. The number of hydrogen-bond acceptors (Lipinski definition) is 5. The van der Waals surface area contributed by atoms with E-state index in [2.05, 4.69) is 108 Å². The second kappa shape index (κ2) is 8.50. The van der Waals surface area contributed by atoms with Crippen molar-refractivity contribution in [2.45, 2.75) is 52.4 Å². The van der Waals surface area contributed by atoms with Crippen LogP contribution in [0.4, 0.5) is 0 Å². The number of rotatable bonds is 0. The van der Waals surface area contributed by atoms with Crippen LogP contribution in [0.5, 0.6) is 46.3 Å². The Kier molecular flexibility index (Phi) is 4.99. The van der Waals surface area contributed by atoms with Crippen LogP contribution in [0.2, 0.25) is 0 Å². The predicted molar refractivity (Wildman–Crippen MR) is 177 cm³/mol. The number of hydrogen-bond donors (Lipinski definition) is 0. The summed E-state index contributed by atoms with van der Waals surface area (Å²) in [5, 5.41) is 0. The van der Waals surface area contributed by atoms with Crippen molar-refractivity contribution in [3.63, 3.8) is 0 Å². The summed E-state index contributed by atoms with van der Waals surface area (Å²) in [6, 6.07) is 27.5. The van der Waals surface area contributed by atoms with Crippen molar-refractivity contribution in [2.75, 3.05) is 0 Å². The molecule has 0 N–H and O–H groups in total. The summed E-state index contributed by atoms with van der Waals surface area (Å²) < 4.78 is 26.5. The topological polar surface area (TPSA) is 49.8 Å². The van der Waals surface area contributed by atoms with Crippen molar-refractivity contribution in [2.24, 2.45) is 0 Å².